The van der Waals surface area contributed by atoms with Gasteiger partial charge in [0.1, 0.15) is 18.0 Å². The zero-order valence-electron chi connectivity index (χ0n) is 21.9. The number of ether oxygens (including phenoxy) is 3. The number of amides is 1. The van der Waals surface area contributed by atoms with Crippen molar-refractivity contribution >= 4 is 17.5 Å². The fourth-order valence-corrected chi connectivity index (χ4v) is 5.33. The molecule has 2 aromatic rings. The zero-order chi connectivity index (χ0) is 26.3. The topological polar surface area (TPSA) is 80.3 Å². The Morgan fingerprint density at radius 3 is 2.62 bits per heavy atom. The summed E-state index contributed by atoms with van der Waals surface area (Å²) in [6, 6.07) is 13.7. The summed E-state index contributed by atoms with van der Waals surface area (Å²) in [5.41, 5.74) is 1.61. The number of aryl methyl sites for hydroxylation is 1. The number of benzene rings is 2. The van der Waals surface area contributed by atoms with E-state index in [1.54, 1.807) is 26.4 Å². The van der Waals surface area contributed by atoms with E-state index >= 15 is 0 Å². The highest BCUT2D eigenvalue weighted by atomic mass is 35.5. The van der Waals surface area contributed by atoms with Gasteiger partial charge in [-0.3, -0.25) is 4.79 Å². The Hall–Kier alpha value is -2.16. The molecule has 1 amide bonds. The molecule has 0 bridgehead atoms. The fourth-order valence-electron chi connectivity index (χ4n) is 5.14. The number of carbonyl (C=O) groups excluding carboxylic acids is 1. The molecule has 0 aromatic heterocycles. The standard InChI is InChI=1S/C29H39ClN2O5/c1-35-12-4-5-21-15-22(17-26(16-21)37-14-13-36-2)20-32(25-8-9-25)28(33)27-19-31-11-10-29(27,34)23-6-3-7-24(30)18-23/h3,6-7,15-18,25,27,31,34H,4-5,8-14,19-20H2,1-2H3. The number of aliphatic hydroxyl groups is 1. The lowest BCUT2D eigenvalue weighted by Gasteiger charge is -2.42. The third kappa shape index (κ3) is 7.24. The minimum Gasteiger partial charge on any atom is -0.491 e. The molecule has 2 aliphatic rings. The van der Waals surface area contributed by atoms with E-state index in [2.05, 4.69) is 17.4 Å². The van der Waals surface area contributed by atoms with Crippen molar-refractivity contribution in [1.29, 1.82) is 0 Å². The minimum absolute atomic E-state index is 0.0242. The smallest absolute Gasteiger partial charge is 0.230 e. The first-order valence-corrected chi connectivity index (χ1v) is 13.6. The van der Waals surface area contributed by atoms with Gasteiger partial charge < -0.3 is 29.5 Å². The highest BCUT2D eigenvalue weighted by Crippen LogP contribution is 2.40. The van der Waals surface area contributed by atoms with Crippen molar-refractivity contribution < 1.29 is 24.1 Å². The quantitative estimate of drug-likeness (QED) is 0.382. The Labute approximate surface area is 225 Å². The first-order valence-electron chi connectivity index (χ1n) is 13.2. The summed E-state index contributed by atoms with van der Waals surface area (Å²) in [4.78, 5) is 16.0. The molecule has 1 aliphatic carbocycles. The largest absolute Gasteiger partial charge is 0.491 e. The van der Waals surface area contributed by atoms with E-state index in [0.29, 0.717) is 56.5 Å². The van der Waals surface area contributed by atoms with Gasteiger partial charge >= 0.3 is 0 Å². The van der Waals surface area contributed by atoms with Crippen molar-refractivity contribution in [2.45, 2.75) is 50.3 Å². The predicted octanol–water partition coefficient (Wildman–Crippen LogP) is 3.93. The van der Waals surface area contributed by atoms with Crippen LogP contribution in [0, 0.1) is 5.92 Å². The Balaban J connectivity index is 1.58. The van der Waals surface area contributed by atoms with E-state index in [1.165, 1.54) is 0 Å². The SMILES string of the molecule is COCCCc1cc(CN(C(=O)C2CNCCC2(O)c2cccc(Cl)c2)C2CC2)cc(OCCOC)c1. The molecule has 2 N–H and O–H groups in total. The number of hydrogen-bond donors (Lipinski definition) is 2. The van der Waals surface area contributed by atoms with Gasteiger partial charge in [-0.1, -0.05) is 29.8 Å². The normalized spacial score (nSPS) is 21.6. The third-order valence-electron chi connectivity index (χ3n) is 7.25. The summed E-state index contributed by atoms with van der Waals surface area (Å²) in [6.45, 7) is 3.20. The minimum atomic E-state index is -1.27. The molecule has 8 heteroatoms. The third-order valence-corrected chi connectivity index (χ3v) is 7.49. The highest BCUT2D eigenvalue weighted by molar-refractivity contribution is 6.30. The number of carbonyl (C=O) groups is 1. The van der Waals surface area contributed by atoms with Crippen LogP contribution < -0.4 is 10.1 Å². The molecular formula is C29H39ClN2O5. The van der Waals surface area contributed by atoms with E-state index in [4.69, 9.17) is 25.8 Å². The molecule has 2 atom stereocenters. The Kier molecular flexibility index (Phi) is 9.84. The van der Waals surface area contributed by atoms with Crippen LogP contribution in [0.15, 0.2) is 42.5 Å². The van der Waals surface area contributed by atoms with Crippen molar-refractivity contribution in [2.24, 2.45) is 5.92 Å². The molecular weight excluding hydrogens is 492 g/mol. The van der Waals surface area contributed by atoms with E-state index in [1.807, 2.05) is 23.1 Å². The van der Waals surface area contributed by atoms with Crippen molar-refractivity contribution in [1.82, 2.24) is 10.2 Å². The maximum atomic E-state index is 14.1. The molecule has 1 heterocycles. The second kappa shape index (κ2) is 13.1. The first-order chi connectivity index (χ1) is 17.9. The summed E-state index contributed by atoms with van der Waals surface area (Å²) in [6.07, 6.45) is 4.18. The van der Waals surface area contributed by atoms with Crippen molar-refractivity contribution in [3.63, 3.8) is 0 Å². The number of halogens is 1. The van der Waals surface area contributed by atoms with Gasteiger partial charge in [0.05, 0.1) is 12.5 Å². The van der Waals surface area contributed by atoms with Crippen LogP contribution in [0.2, 0.25) is 5.02 Å². The van der Waals surface area contributed by atoms with Crippen LogP contribution in [0.4, 0.5) is 0 Å². The molecule has 2 unspecified atom stereocenters. The second-order valence-corrected chi connectivity index (χ2v) is 10.5. The van der Waals surface area contributed by atoms with Gasteiger partial charge in [-0.05, 0) is 79.6 Å². The lowest BCUT2D eigenvalue weighted by molar-refractivity contribution is -0.150. The van der Waals surface area contributed by atoms with Crippen LogP contribution in [0.3, 0.4) is 0 Å². The molecule has 7 nitrogen and oxygen atoms in total. The summed E-state index contributed by atoms with van der Waals surface area (Å²) in [7, 11) is 3.36. The molecule has 2 aromatic carbocycles. The van der Waals surface area contributed by atoms with Crippen LogP contribution in [0.25, 0.3) is 0 Å². The van der Waals surface area contributed by atoms with Gasteiger partial charge in [-0.15, -0.1) is 0 Å². The van der Waals surface area contributed by atoms with Crippen LogP contribution in [-0.2, 0) is 32.8 Å². The Bertz CT molecular complexity index is 1020. The lowest BCUT2D eigenvalue weighted by atomic mass is 9.75. The monoisotopic (exact) mass is 530 g/mol. The summed E-state index contributed by atoms with van der Waals surface area (Å²) in [5.74, 6) is 0.159. The molecule has 0 spiro atoms. The van der Waals surface area contributed by atoms with Gasteiger partial charge in [0, 0.05) is 45.0 Å². The second-order valence-electron chi connectivity index (χ2n) is 10.1. The van der Waals surface area contributed by atoms with Crippen LogP contribution in [0.5, 0.6) is 5.75 Å². The fraction of sp³-hybridized carbons (Fsp3) is 0.552. The molecule has 0 radical (unpaired) electrons. The Morgan fingerprint density at radius 2 is 1.89 bits per heavy atom. The summed E-state index contributed by atoms with van der Waals surface area (Å²) in [5, 5.41) is 15.7. The highest BCUT2D eigenvalue weighted by Gasteiger charge is 2.48. The Morgan fingerprint density at radius 1 is 1.11 bits per heavy atom. The van der Waals surface area contributed by atoms with Gasteiger partial charge in [0.2, 0.25) is 5.91 Å². The summed E-state index contributed by atoms with van der Waals surface area (Å²) >= 11 is 6.25. The first kappa shape index (κ1) is 27.9. The van der Waals surface area contributed by atoms with Crippen molar-refractivity contribution in [2.75, 3.05) is 47.1 Å². The maximum Gasteiger partial charge on any atom is 0.230 e. The van der Waals surface area contributed by atoms with E-state index in [0.717, 1.165) is 42.6 Å². The van der Waals surface area contributed by atoms with Gasteiger partial charge in [-0.2, -0.15) is 0 Å². The van der Waals surface area contributed by atoms with Crippen molar-refractivity contribution in [3.05, 3.63) is 64.2 Å². The van der Waals surface area contributed by atoms with Crippen molar-refractivity contribution in [3.8, 4) is 5.75 Å². The number of methoxy groups -OCH3 is 2. The van der Waals surface area contributed by atoms with Gasteiger partial charge in [0.25, 0.3) is 0 Å². The molecule has 37 heavy (non-hydrogen) atoms. The number of nitrogens with zero attached hydrogens (tertiary/aromatic N) is 1. The lowest BCUT2D eigenvalue weighted by Crippen LogP contribution is -2.55. The average molecular weight is 531 g/mol. The zero-order valence-corrected chi connectivity index (χ0v) is 22.6. The van der Waals surface area contributed by atoms with E-state index in [-0.39, 0.29) is 11.9 Å². The number of rotatable bonds is 13. The molecule has 202 valence electrons. The van der Waals surface area contributed by atoms with Crippen LogP contribution in [-0.4, -0.2) is 69.1 Å². The molecule has 1 aliphatic heterocycles. The average Bonchev–Trinajstić information content (AvgIpc) is 3.73. The van der Waals surface area contributed by atoms with Crippen LogP contribution >= 0.6 is 11.6 Å². The van der Waals surface area contributed by atoms with Gasteiger partial charge in [0.15, 0.2) is 0 Å². The molecule has 1 saturated heterocycles. The predicted molar refractivity (Wildman–Crippen MR) is 144 cm³/mol. The van der Waals surface area contributed by atoms with Crippen LogP contribution in [0.1, 0.15) is 42.4 Å². The maximum absolute atomic E-state index is 14.1. The van der Waals surface area contributed by atoms with E-state index < -0.39 is 11.5 Å². The number of hydrogen-bond acceptors (Lipinski definition) is 6. The van der Waals surface area contributed by atoms with E-state index in [9.17, 15) is 9.90 Å². The summed E-state index contributed by atoms with van der Waals surface area (Å²) < 4.78 is 16.3. The molecule has 4 rings (SSSR count). The molecule has 2 fully saturated rings. The van der Waals surface area contributed by atoms with Gasteiger partial charge in [-0.25, -0.2) is 0 Å². The number of nitrogens with one attached hydrogen (secondary N) is 1. The molecule has 1 saturated carbocycles. The number of piperidine rings is 1.